The second-order valence-corrected chi connectivity index (χ2v) is 11.1. The average molecular weight is 541 g/mol. The summed E-state index contributed by atoms with van der Waals surface area (Å²) >= 11 is 0. The van der Waals surface area contributed by atoms with Gasteiger partial charge in [0.2, 0.25) is 0 Å². The van der Waals surface area contributed by atoms with E-state index in [0.717, 1.165) is 25.7 Å². The molecule has 9 heteroatoms. The van der Waals surface area contributed by atoms with E-state index in [2.05, 4.69) is 13.8 Å². The molecule has 32 heavy (non-hydrogen) atoms. The highest BCUT2D eigenvalue weighted by Crippen LogP contribution is 2.82. The first-order valence-corrected chi connectivity index (χ1v) is 11.0. The Morgan fingerprint density at radius 2 is 1.72 bits per heavy atom. The Labute approximate surface area is 227 Å². The second-order valence-electron chi connectivity index (χ2n) is 11.1. The lowest BCUT2D eigenvalue weighted by Gasteiger charge is -2.56. The lowest BCUT2D eigenvalue weighted by Crippen LogP contribution is -2.60. The second kappa shape index (κ2) is 8.32. The number of hydrogen-bond donors (Lipinski definition) is 0. The summed E-state index contributed by atoms with van der Waals surface area (Å²) in [6, 6.07) is 0. The number of esters is 1. The number of ketones is 1. The molecule has 0 aromatic heterocycles. The molecule has 2 aliphatic heterocycles. The van der Waals surface area contributed by atoms with Crippen molar-refractivity contribution >= 4 is 79.2 Å². The monoisotopic (exact) mass is 540 g/mol. The van der Waals surface area contributed by atoms with Gasteiger partial charge in [-0.15, -0.1) is 0 Å². The molecule has 5 aliphatic carbocycles. The molecule has 3 unspecified atom stereocenters. The zero-order valence-electron chi connectivity index (χ0n) is 18.8. The van der Waals surface area contributed by atoms with Crippen LogP contribution in [0, 0.1) is 34.5 Å². The minimum absolute atomic E-state index is 0. The lowest BCUT2D eigenvalue weighted by molar-refractivity contribution is -0.164. The summed E-state index contributed by atoms with van der Waals surface area (Å²) in [7, 11) is 0. The predicted octanol–water partition coefficient (Wildman–Crippen LogP) is 4.39. The molecule has 0 N–H and O–H groups in total. The van der Waals surface area contributed by atoms with Crippen molar-refractivity contribution in [1.82, 2.24) is 0 Å². The van der Waals surface area contributed by atoms with Gasteiger partial charge in [0.25, 0.3) is 0 Å². The predicted molar refractivity (Wildman–Crippen MR) is 151 cm³/mol. The standard InChI is InChI=1S/C23H28O4.5H2S.H2/c1-20-6-3-12(24)9-16(20)13-10-14(13)19-15-4-7-22(8-5-18(25)27-22)21(15,2)11-17-23(19,20)26-17;;;;;;/h9,13-15,17,19H,3-8,10-11H2,1-2H3;5*1H2;1H/t13?,14?,15-,17?,19-,20-,21-,22+,23+;;;;;;/m0....../s1. The van der Waals surface area contributed by atoms with E-state index in [0.29, 0.717) is 42.3 Å². The van der Waals surface area contributed by atoms with E-state index in [4.69, 9.17) is 9.47 Å². The van der Waals surface area contributed by atoms with Crippen LogP contribution < -0.4 is 0 Å². The fourth-order valence-electron chi connectivity index (χ4n) is 9.12. The molecular formula is C23H40O4S5. The van der Waals surface area contributed by atoms with Crippen molar-refractivity contribution in [3.63, 3.8) is 0 Å². The molecule has 9 atom stereocenters. The minimum Gasteiger partial charge on any atom is -0.458 e. The number of fused-ring (bicyclic) bond motifs is 7. The Bertz CT molecular complexity index is 872. The van der Waals surface area contributed by atoms with Crippen LogP contribution in [0.15, 0.2) is 11.6 Å². The van der Waals surface area contributed by atoms with Gasteiger partial charge in [-0.25, -0.2) is 0 Å². The molecule has 2 heterocycles. The van der Waals surface area contributed by atoms with E-state index in [9.17, 15) is 9.59 Å². The Hall–Kier alpha value is 0.590. The summed E-state index contributed by atoms with van der Waals surface area (Å²) < 4.78 is 12.8. The maximum Gasteiger partial charge on any atom is 0.306 e. The lowest BCUT2D eigenvalue weighted by atomic mass is 9.46. The Morgan fingerprint density at radius 1 is 1.00 bits per heavy atom. The van der Waals surface area contributed by atoms with E-state index in [-0.39, 0.29) is 103 Å². The Balaban J connectivity index is 0.000000907. The van der Waals surface area contributed by atoms with Crippen LogP contribution in [0.4, 0.5) is 0 Å². The summed E-state index contributed by atoms with van der Waals surface area (Å²) in [5, 5.41) is 0. The number of ether oxygens (including phenoxy) is 2. The van der Waals surface area contributed by atoms with E-state index >= 15 is 0 Å². The SMILES string of the molecule is C[C@]12CCC(=O)C=C1C1CC1[C@H]1[C@@H]3CC[C@@]4(CCC(=O)O4)[C@@]3(C)CC3O[C@]312.S.S.S.S.S.[HH]. The molecule has 4 nitrogen and oxygen atoms in total. The summed E-state index contributed by atoms with van der Waals surface area (Å²) in [5.74, 6) is 2.77. The van der Waals surface area contributed by atoms with Crippen LogP contribution >= 0.6 is 67.5 Å². The van der Waals surface area contributed by atoms with Gasteiger partial charge in [0, 0.05) is 25.1 Å². The molecular weight excluding hydrogens is 501 g/mol. The topological polar surface area (TPSA) is 55.9 Å². The van der Waals surface area contributed by atoms with Gasteiger partial charge in [0.05, 0.1) is 6.10 Å². The number of hydrogen-bond acceptors (Lipinski definition) is 4. The minimum atomic E-state index is -0.239. The van der Waals surface area contributed by atoms with Crippen LogP contribution in [-0.2, 0) is 19.1 Å². The third kappa shape index (κ3) is 2.93. The van der Waals surface area contributed by atoms with Crippen molar-refractivity contribution in [1.29, 1.82) is 0 Å². The van der Waals surface area contributed by atoms with Crippen molar-refractivity contribution < 1.29 is 20.5 Å². The number of carbonyl (C=O) groups is 2. The normalized spacial score (nSPS) is 52.3. The smallest absolute Gasteiger partial charge is 0.306 e. The zero-order valence-corrected chi connectivity index (χ0v) is 23.8. The molecule has 2 spiro atoms. The molecule has 0 bridgehead atoms. The number of carbonyl (C=O) groups excluding carboxylic acids is 2. The summed E-state index contributed by atoms with van der Waals surface area (Å²) in [6.45, 7) is 4.81. The van der Waals surface area contributed by atoms with Crippen LogP contribution in [0.3, 0.4) is 0 Å². The highest BCUT2D eigenvalue weighted by molar-refractivity contribution is 7.60. The number of rotatable bonds is 0. The highest BCUT2D eigenvalue weighted by Gasteiger charge is 2.85. The third-order valence-electron chi connectivity index (χ3n) is 10.4. The maximum absolute atomic E-state index is 12.2. The Morgan fingerprint density at radius 3 is 2.38 bits per heavy atom. The van der Waals surface area contributed by atoms with Gasteiger partial charge in [0.15, 0.2) is 5.78 Å². The summed E-state index contributed by atoms with van der Waals surface area (Å²) in [5.41, 5.74) is 1.24. The van der Waals surface area contributed by atoms with Crippen LogP contribution in [0.2, 0.25) is 0 Å². The van der Waals surface area contributed by atoms with Gasteiger partial charge < -0.3 is 9.47 Å². The van der Waals surface area contributed by atoms with Crippen molar-refractivity contribution in [3.05, 3.63) is 11.6 Å². The molecule has 2 saturated heterocycles. The zero-order chi connectivity index (χ0) is 18.4. The first kappa shape index (κ1) is 28.8. The molecule has 4 saturated carbocycles. The van der Waals surface area contributed by atoms with Crippen LogP contribution in [0.25, 0.3) is 0 Å². The molecule has 186 valence electrons. The van der Waals surface area contributed by atoms with Gasteiger partial charge in [-0.05, 0) is 68.3 Å². The van der Waals surface area contributed by atoms with E-state index < -0.39 is 0 Å². The van der Waals surface area contributed by atoms with Crippen LogP contribution in [0.5, 0.6) is 0 Å². The molecule has 6 fully saturated rings. The first-order valence-electron chi connectivity index (χ1n) is 11.0. The fourth-order valence-corrected chi connectivity index (χ4v) is 9.12. The van der Waals surface area contributed by atoms with E-state index in [1.54, 1.807) is 0 Å². The average Bonchev–Trinajstić information content (AvgIpc) is 3.49. The molecule has 0 amide bonds. The van der Waals surface area contributed by atoms with Gasteiger partial charge in [-0.1, -0.05) is 19.4 Å². The van der Waals surface area contributed by atoms with Crippen molar-refractivity contribution in [2.24, 2.45) is 34.5 Å². The number of epoxide rings is 1. The molecule has 7 aliphatic rings. The first-order chi connectivity index (χ1) is 12.8. The van der Waals surface area contributed by atoms with Gasteiger partial charge in [0.1, 0.15) is 11.2 Å². The molecule has 0 aromatic rings. The van der Waals surface area contributed by atoms with Gasteiger partial charge in [-0.2, -0.15) is 67.5 Å². The van der Waals surface area contributed by atoms with E-state index in [1.807, 2.05) is 6.08 Å². The molecule has 0 radical (unpaired) electrons. The summed E-state index contributed by atoms with van der Waals surface area (Å²) in [4.78, 5) is 24.2. The van der Waals surface area contributed by atoms with Gasteiger partial charge in [-0.3, -0.25) is 9.59 Å². The quantitative estimate of drug-likeness (QED) is 0.338. The molecule has 0 aromatic carbocycles. The maximum atomic E-state index is 12.2. The van der Waals surface area contributed by atoms with Crippen LogP contribution in [0.1, 0.15) is 66.6 Å². The highest BCUT2D eigenvalue weighted by atomic mass is 32.1. The third-order valence-corrected chi connectivity index (χ3v) is 10.4. The molecule has 7 rings (SSSR count). The Kier molecular flexibility index (Phi) is 7.50. The van der Waals surface area contributed by atoms with Crippen molar-refractivity contribution in [2.75, 3.05) is 0 Å². The van der Waals surface area contributed by atoms with Gasteiger partial charge >= 0.3 is 5.97 Å². The van der Waals surface area contributed by atoms with Crippen molar-refractivity contribution in [2.45, 2.75) is 82.5 Å². The van der Waals surface area contributed by atoms with E-state index in [1.165, 1.54) is 18.4 Å². The van der Waals surface area contributed by atoms with Crippen LogP contribution in [-0.4, -0.2) is 29.1 Å². The van der Waals surface area contributed by atoms with Crippen molar-refractivity contribution in [3.8, 4) is 0 Å². The fraction of sp³-hybridized carbons (Fsp3) is 0.826. The largest absolute Gasteiger partial charge is 0.458 e. The summed E-state index contributed by atoms with van der Waals surface area (Å²) in [6.07, 6.45) is 9.85.